The number of aryl methyl sites for hydroxylation is 2. The second kappa shape index (κ2) is 7.18. The van der Waals surface area contributed by atoms with E-state index < -0.39 is 0 Å². The molecule has 2 aromatic heterocycles. The summed E-state index contributed by atoms with van der Waals surface area (Å²) in [6, 6.07) is 0.455. The predicted molar refractivity (Wildman–Crippen MR) is 102 cm³/mol. The lowest BCUT2D eigenvalue weighted by atomic mass is 9.78. The highest BCUT2D eigenvalue weighted by Gasteiger charge is 2.35. The summed E-state index contributed by atoms with van der Waals surface area (Å²) in [4.78, 5) is 24.4. The number of hydrogen-bond donors (Lipinski definition) is 0. The molecule has 0 N–H and O–H groups in total. The number of likely N-dealkylation sites (tertiary alicyclic amines) is 1. The van der Waals surface area contributed by atoms with Crippen LogP contribution in [0.5, 0.6) is 0 Å². The summed E-state index contributed by atoms with van der Waals surface area (Å²) in [6.45, 7) is 4.90. The molecular weight excluding hydrogens is 346 g/mol. The lowest BCUT2D eigenvalue weighted by Gasteiger charge is -2.44. The van der Waals surface area contributed by atoms with Crippen molar-refractivity contribution in [2.24, 2.45) is 5.92 Å². The average Bonchev–Trinajstić information content (AvgIpc) is 3.07. The van der Waals surface area contributed by atoms with E-state index in [1.54, 1.807) is 4.52 Å². The van der Waals surface area contributed by atoms with E-state index in [0.717, 1.165) is 29.9 Å². The molecule has 2 fully saturated rings. The van der Waals surface area contributed by atoms with Gasteiger partial charge < -0.3 is 4.90 Å². The highest BCUT2D eigenvalue weighted by Crippen LogP contribution is 2.35. The fraction of sp³-hybridized carbons (Fsp3) is 0.684. The van der Waals surface area contributed by atoms with E-state index in [0.29, 0.717) is 29.3 Å². The van der Waals surface area contributed by atoms with Gasteiger partial charge in [0.2, 0.25) is 11.1 Å². The SMILES string of the molecule is CSc1nc2nc(C)c(CC(=O)N3CCC[C@H]4CCCC[C@@H]43)c(C)n2n1. The molecule has 2 aromatic rings. The molecule has 1 saturated heterocycles. The molecule has 1 aliphatic carbocycles. The van der Waals surface area contributed by atoms with Gasteiger partial charge in [-0.1, -0.05) is 24.6 Å². The lowest BCUT2D eigenvalue weighted by Crippen LogP contribution is -2.50. The standard InChI is InChI=1S/C19H27N5OS/c1-12-15(13(2)24-18(20-12)21-19(22-24)26-3)11-17(25)23-10-6-8-14-7-4-5-9-16(14)23/h14,16H,4-11H2,1-3H3/t14-,16+/m1/s1. The topological polar surface area (TPSA) is 63.4 Å². The number of carbonyl (C=O) groups is 1. The first kappa shape index (κ1) is 17.8. The minimum absolute atomic E-state index is 0.249. The zero-order valence-electron chi connectivity index (χ0n) is 15.9. The van der Waals surface area contributed by atoms with Crippen LogP contribution in [-0.4, -0.2) is 49.2 Å². The molecular formula is C19H27N5OS. The van der Waals surface area contributed by atoms with Crippen molar-refractivity contribution in [2.45, 2.75) is 70.0 Å². The Bertz CT molecular complexity index is 831. The predicted octanol–water partition coefficient (Wildman–Crippen LogP) is 3.19. The Morgan fingerprint density at radius 3 is 2.73 bits per heavy atom. The molecule has 2 atom stereocenters. The minimum Gasteiger partial charge on any atom is -0.339 e. The monoisotopic (exact) mass is 373 g/mol. The first-order chi connectivity index (χ1) is 12.6. The van der Waals surface area contributed by atoms with E-state index in [1.165, 1.54) is 43.9 Å². The van der Waals surface area contributed by atoms with Crippen LogP contribution in [0, 0.1) is 19.8 Å². The molecule has 0 unspecified atom stereocenters. The number of carbonyl (C=O) groups excluding carboxylic acids is 1. The molecule has 0 spiro atoms. The maximum atomic E-state index is 13.2. The average molecular weight is 374 g/mol. The van der Waals surface area contributed by atoms with Crippen LogP contribution < -0.4 is 0 Å². The minimum atomic E-state index is 0.249. The van der Waals surface area contributed by atoms with Gasteiger partial charge >= 0.3 is 0 Å². The largest absolute Gasteiger partial charge is 0.339 e. The van der Waals surface area contributed by atoms with Crippen LogP contribution in [-0.2, 0) is 11.2 Å². The Kier molecular flexibility index (Phi) is 4.90. The summed E-state index contributed by atoms with van der Waals surface area (Å²) < 4.78 is 1.78. The van der Waals surface area contributed by atoms with Crippen LogP contribution >= 0.6 is 11.8 Å². The Hall–Kier alpha value is -1.63. The Labute approximate surface area is 158 Å². The molecule has 1 saturated carbocycles. The second-order valence-corrected chi connectivity index (χ2v) is 8.36. The number of nitrogens with zero attached hydrogens (tertiary/aromatic N) is 5. The van der Waals surface area contributed by atoms with Crippen LogP contribution in [0.4, 0.5) is 0 Å². The van der Waals surface area contributed by atoms with E-state index in [1.807, 2.05) is 20.1 Å². The maximum absolute atomic E-state index is 13.2. The Morgan fingerprint density at radius 2 is 1.92 bits per heavy atom. The first-order valence-electron chi connectivity index (χ1n) is 9.64. The van der Waals surface area contributed by atoms with Gasteiger partial charge in [-0.2, -0.15) is 4.98 Å². The second-order valence-electron chi connectivity index (χ2n) is 7.59. The summed E-state index contributed by atoms with van der Waals surface area (Å²) in [5.74, 6) is 1.58. The van der Waals surface area contributed by atoms with Gasteiger partial charge in [0, 0.05) is 29.5 Å². The molecule has 4 rings (SSSR count). The number of rotatable bonds is 3. The number of aromatic nitrogens is 4. The molecule has 140 valence electrons. The van der Waals surface area contributed by atoms with Crippen molar-refractivity contribution in [2.75, 3.05) is 12.8 Å². The quantitative estimate of drug-likeness (QED) is 0.773. The number of thioether (sulfide) groups is 1. The summed E-state index contributed by atoms with van der Waals surface area (Å²) in [5, 5.41) is 5.21. The molecule has 0 radical (unpaired) electrons. The van der Waals surface area contributed by atoms with Crippen molar-refractivity contribution >= 4 is 23.4 Å². The van der Waals surface area contributed by atoms with Gasteiger partial charge in [-0.15, -0.1) is 5.10 Å². The number of piperidine rings is 1. The van der Waals surface area contributed by atoms with E-state index in [4.69, 9.17) is 0 Å². The van der Waals surface area contributed by atoms with Gasteiger partial charge in [0.25, 0.3) is 5.78 Å². The van der Waals surface area contributed by atoms with Crippen LogP contribution in [0.25, 0.3) is 5.78 Å². The van der Waals surface area contributed by atoms with E-state index in [-0.39, 0.29) is 5.91 Å². The van der Waals surface area contributed by atoms with Gasteiger partial charge in [0.1, 0.15) is 0 Å². The maximum Gasteiger partial charge on any atom is 0.253 e. The summed E-state index contributed by atoms with van der Waals surface area (Å²) in [6.07, 6.45) is 9.84. The Morgan fingerprint density at radius 1 is 1.15 bits per heavy atom. The third-order valence-electron chi connectivity index (χ3n) is 6.10. The van der Waals surface area contributed by atoms with Gasteiger partial charge in [0.05, 0.1) is 6.42 Å². The molecule has 3 heterocycles. The molecule has 26 heavy (non-hydrogen) atoms. The van der Waals surface area contributed by atoms with E-state index in [2.05, 4.69) is 20.0 Å². The lowest BCUT2D eigenvalue weighted by molar-refractivity contribution is -0.136. The number of hydrogen-bond acceptors (Lipinski definition) is 5. The molecule has 6 nitrogen and oxygen atoms in total. The van der Waals surface area contributed by atoms with Crippen LogP contribution in [0.1, 0.15) is 55.5 Å². The van der Waals surface area contributed by atoms with Crippen molar-refractivity contribution in [3.05, 3.63) is 17.0 Å². The van der Waals surface area contributed by atoms with Crippen LogP contribution in [0.15, 0.2) is 5.16 Å². The summed E-state index contributed by atoms with van der Waals surface area (Å²) in [5.41, 5.74) is 2.87. The van der Waals surface area contributed by atoms with Crippen molar-refractivity contribution in [1.82, 2.24) is 24.5 Å². The van der Waals surface area contributed by atoms with Gasteiger partial charge in [-0.05, 0) is 51.7 Å². The summed E-state index contributed by atoms with van der Waals surface area (Å²) in [7, 11) is 0. The highest BCUT2D eigenvalue weighted by atomic mass is 32.2. The zero-order valence-corrected chi connectivity index (χ0v) is 16.7. The fourth-order valence-electron chi connectivity index (χ4n) is 4.72. The van der Waals surface area contributed by atoms with Crippen molar-refractivity contribution < 1.29 is 4.79 Å². The van der Waals surface area contributed by atoms with Crippen molar-refractivity contribution in [1.29, 1.82) is 0 Å². The molecule has 1 aliphatic heterocycles. The van der Waals surface area contributed by atoms with Gasteiger partial charge in [0.15, 0.2) is 0 Å². The molecule has 2 aliphatic rings. The van der Waals surface area contributed by atoms with Gasteiger partial charge in [-0.25, -0.2) is 9.50 Å². The van der Waals surface area contributed by atoms with E-state index >= 15 is 0 Å². The van der Waals surface area contributed by atoms with Crippen molar-refractivity contribution in [3.63, 3.8) is 0 Å². The molecule has 1 amide bonds. The highest BCUT2D eigenvalue weighted by molar-refractivity contribution is 7.98. The third-order valence-corrected chi connectivity index (χ3v) is 6.64. The smallest absolute Gasteiger partial charge is 0.253 e. The van der Waals surface area contributed by atoms with Crippen LogP contribution in [0.3, 0.4) is 0 Å². The van der Waals surface area contributed by atoms with Gasteiger partial charge in [-0.3, -0.25) is 4.79 Å². The molecule has 0 aromatic carbocycles. The Balaban J connectivity index is 1.60. The normalized spacial score (nSPS) is 23.3. The third kappa shape index (κ3) is 3.10. The first-order valence-corrected chi connectivity index (χ1v) is 10.9. The zero-order chi connectivity index (χ0) is 18.3. The van der Waals surface area contributed by atoms with E-state index in [9.17, 15) is 4.79 Å². The number of amides is 1. The number of fused-ring (bicyclic) bond motifs is 2. The summed E-state index contributed by atoms with van der Waals surface area (Å²) >= 11 is 1.51. The molecule has 7 heteroatoms. The van der Waals surface area contributed by atoms with Crippen molar-refractivity contribution in [3.8, 4) is 0 Å². The fourth-order valence-corrected chi connectivity index (χ4v) is 5.06. The molecule has 0 bridgehead atoms. The van der Waals surface area contributed by atoms with Crippen LogP contribution in [0.2, 0.25) is 0 Å².